The third kappa shape index (κ3) is 2.04. The highest BCUT2D eigenvalue weighted by atomic mass is 19.1. The number of nitrogens with one attached hydrogen (secondary N) is 1. The van der Waals surface area contributed by atoms with Crippen LogP contribution in [0.2, 0.25) is 0 Å². The number of nitrogens with zero attached hydrogens (tertiary/aromatic N) is 4. The van der Waals surface area contributed by atoms with E-state index in [0.717, 1.165) is 6.20 Å². The highest BCUT2D eigenvalue weighted by Gasteiger charge is 2.15. The van der Waals surface area contributed by atoms with Crippen molar-refractivity contribution in [1.29, 1.82) is 5.26 Å². The molecule has 0 fully saturated rings. The number of carbonyl (C=O) groups excluding carboxylic acids is 1. The minimum Gasteiger partial charge on any atom is -0.306 e. The van der Waals surface area contributed by atoms with Crippen molar-refractivity contribution in [3.8, 4) is 6.07 Å². The molecule has 0 saturated carbocycles. The predicted molar refractivity (Wildman–Crippen MR) is 60.1 cm³/mol. The first-order chi connectivity index (χ1) is 8.63. The third-order valence-corrected chi connectivity index (χ3v) is 2.31. The molecule has 90 valence electrons. The van der Waals surface area contributed by atoms with Crippen LogP contribution in [0, 0.1) is 17.1 Å². The number of carbonyl (C=O) groups is 1. The number of hydrogen-bond acceptors (Lipinski definition) is 4. The van der Waals surface area contributed by atoms with Crippen LogP contribution in [-0.4, -0.2) is 20.7 Å². The van der Waals surface area contributed by atoms with Gasteiger partial charge in [0.25, 0.3) is 5.91 Å². The van der Waals surface area contributed by atoms with E-state index in [9.17, 15) is 9.18 Å². The largest absolute Gasteiger partial charge is 0.306 e. The Balaban J connectivity index is 2.31. The van der Waals surface area contributed by atoms with E-state index < -0.39 is 11.7 Å². The molecule has 7 heteroatoms. The lowest BCUT2D eigenvalue weighted by Gasteiger charge is -2.06. The van der Waals surface area contributed by atoms with Crippen LogP contribution in [0.25, 0.3) is 0 Å². The number of aryl methyl sites for hydroxylation is 1. The first kappa shape index (κ1) is 11.7. The Morgan fingerprint density at radius 1 is 1.56 bits per heavy atom. The van der Waals surface area contributed by atoms with E-state index in [0.29, 0.717) is 0 Å². The second kappa shape index (κ2) is 4.63. The van der Waals surface area contributed by atoms with E-state index in [1.165, 1.54) is 23.1 Å². The van der Waals surface area contributed by atoms with Crippen LogP contribution in [0.4, 0.5) is 10.2 Å². The molecule has 18 heavy (non-hydrogen) atoms. The van der Waals surface area contributed by atoms with E-state index in [1.54, 1.807) is 7.05 Å². The second-order valence-corrected chi connectivity index (χ2v) is 3.45. The number of aromatic nitrogens is 3. The Kier molecular flexibility index (Phi) is 3.02. The van der Waals surface area contributed by atoms with Crippen molar-refractivity contribution in [3.05, 3.63) is 41.6 Å². The minimum atomic E-state index is -0.726. The topological polar surface area (TPSA) is 83.6 Å². The van der Waals surface area contributed by atoms with Crippen LogP contribution < -0.4 is 5.32 Å². The molecule has 2 heterocycles. The zero-order chi connectivity index (χ0) is 13.1. The van der Waals surface area contributed by atoms with Crippen molar-refractivity contribution < 1.29 is 9.18 Å². The van der Waals surface area contributed by atoms with Crippen molar-refractivity contribution >= 4 is 11.7 Å². The highest BCUT2D eigenvalue weighted by Crippen LogP contribution is 2.14. The van der Waals surface area contributed by atoms with Gasteiger partial charge < -0.3 is 5.32 Å². The molecule has 0 radical (unpaired) electrons. The zero-order valence-electron chi connectivity index (χ0n) is 9.38. The van der Waals surface area contributed by atoms with Crippen molar-refractivity contribution in [2.24, 2.45) is 7.05 Å². The van der Waals surface area contributed by atoms with Crippen LogP contribution in [0.5, 0.6) is 0 Å². The number of pyridine rings is 1. The number of amides is 1. The van der Waals surface area contributed by atoms with Gasteiger partial charge in [0.05, 0.1) is 18.0 Å². The molecular weight excluding hydrogens is 237 g/mol. The molecule has 6 nitrogen and oxygen atoms in total. The van der Waals surface area contributed by atoms with Gasteiger partial charge in [-0.05, 0) is 6.07 Å². The fourth-order valence-electron chi connectivity index (χ4n) is 1.40. The number of halogens is 1. The van der Waals surface area contributed by atoms with Crippen molar-refractivity contribution in [2.75, 3.05) is 5.32 Å². The van der Waals surface area contributed by atoms with Gasteiger partial charge in [-0.2, -0.15) is 10.4 Å². The standard InChI is InChI=1S/C11H8FN5O/c1-17-10(7(4-13)5-15-17)16-11(18)8-2-3-14-6-9(8)12/h2-3,5-6H,1H3,(H,16,18). The van der Waals surface area contributed by atoms with Crippen LogP contribution in [0.15, 0.2) is 24.7 Å². The van der Waals surface area contributed by atoms with Crippen LogP contribution in [0.3, 0.4) is 0 Å². The summed E-state index contributed by atoms with van der Waals surface area (Å²) in [6.07, 6.45) is 3.58. The van der Waals surface area contributed by atoms with Gasteiger partial charge in [-0.3, -0.25) is 14.5 Å². The van der Waals surface area contributed by atoms with Crippen LogP contribution >= 0.6 is 0 Å². The number of nitriles is 1. The summed E-state index contributed by atoms with van der Waals surface area (Å²) >= 11 is 0. The van der Waals surface area contributed by atoms with Gasteiger partial charge in [0.15, 0.2) is 5.82 Å². The smallest absolute Gasteiger partial charge is 0.259 e. The number of hydrogen-bond donors (Lipinski definition) is 1. The SMILES string of the molecule is Cn1ncc(C#N)c1NC(=O)c1ccncc1F. The Bertz CT molecular complexity index is 643. The lowest BCUT2D eigenvalue weighted by Crippen LogP contribution is -2.16. The molecule has 0 aliphatic heterocycles. The quantitative estimate of drug-likeness (QED) is 0.858. The fraction of sp³-hybridized carbons (Fsp3) is 0.0909. The van der Waals surface area contributed by atoms with E-state index >= 15 is 0 Å². The zero-order valence-corrected chi connectivity index (χ0v) is 9.38. The fourth-order valence-corrected chi connectivity index (χ4v) is 1.40. The molecule has 1 N–H and O–H groups in total. The molecule has 2 rings (SSSR count). The maximum Gasteiger partial charge on any atom is 0.259 e. The highest BCUT2D eigenvalue weighted by molar-refractivity contribution is 6.04. The molecule has 0 atom stereocenters. The normalized spacial score (nSPS) is 9.83. The average Bonchev–Trinajstić information content (AvgIpc) is 2.71. The van der Waals surface area contributed by atoms with Crippen LogP contribution in [-0.2, 0) is 7.05 Å². The number of anilines is 1. The Hall–Kier alpha value is -2.75. The van der Waals surface area contributed by atoms with Gasteiger partial charge in [0, 0.05) is 13.2 Å². The molecule has 2 aromatic rings. The summed E-state index contributed by atoms with van der Waals surface area (Å²) in [6, 6.07) is 3.14. The summed E-state index contributed by atoms with van der Waals surface area (Å²) in [5.41, 5.74) is 0.0652. The summed E-state index contributed by atoms with van der Waals surface area (Å²) < 4.78 is 14.7. The molecule has 2 aromatic heterocycles. The first-order valence-electron chi connectivity index (χ1n) is 4.96. The predicted octanol–water partition coefficient (Wildman–Crippen LogP) is 1.08. The molecule has 0 aromatic carbocycles. The van der Waals surface area contributed by atoms with Crippen molar-refractivity contribution in [3.63, 3.8) is 0 Å². The van der Waals surface area contributed by atoms with Gasteiger partial charge in [-0.25, -0.2) is 4.39 Å². The third-order valence-electron chi connectivity index (χ3n) is 2.31. The minimum absolute atomic E-state index is 0.143. The van der Waals surface area contributed by atoms with Crippen molar-refractivity contribution in [2.45, 2.75) is 0 Å². The Morgan fingerprint density at radius 3 is 3.00 bits per heavy atom. The second-order valence-electron chi connectivity index (χ2n) is 3.45. The van der Waals surface area contributed by atoms with E-state index in [1.807, 2.05) is 6.07 Å². The lowest BCUT2D eigenvalue weighted by molar-refractivity contribution is 0.102. The van der Waals surface area contributed by atoms with Gasteiger partial charge in [-0.1, -0.05) is 0 Å². The molecule has 1 amide bonds. The van der Waals surface area contributed by atoms with E-state index in [4.69, 9.17) is 5.26 Å². The molecule has 0 aliphatic rings. The van der Waals surface area contributed by atoms with Gasteiger partial charge in [0.1, 0.15) is 17.5 Å². The van der Waals surface area contributed by atoms with E-state index in [-0.39, 0.29) is 16.9 Å². The lowest BCUT2D eigenvalue weighted by atomic mass is 10.2. The van der Waals surface area contributed by atoms with Gasteiger partial charge >= 0.3 is 0 Å². The molecule has 0 saturated heterocycles. The average molecular weight is 245 g/mol. The summed E-state index contributed by atoms with van der Waals surface area (Å²) in [5, 5.41) is 15.1. The Morgan fingerprint density at radius 2 is 2.33 bits per heavy atom. The molecule has 0 aliphatic carbocycles. The summed E-state index contributed by atoms with van der Waals surface area (Å²) in [6.45, 7) is 0. The summed E-state index contributed by atoms with van der Waals surface area (Å²) in [4.78, 5) is 15.4. The maximum absolute atomic E-state index is 13.3. The molecular formula is C11H8FN5O. The number of rotatable bonds is 2. The maximum atomic E-state index is 13.3. The first-order valence-corrected chi connectivity index (χ1v) is 4.96. The molecule has 0 spiro atoms. The summed E-state index contributed by atoms with van der Waals surface area (Å²) in [7, 11) is 1.57. The van der Waals surface area contributed by atoms with Crippen LogP contribution in [0.1, 0.15) is 15.9 Å². The van der Waals surface area contributed by atoms with Gasteiger partial charge in [0.2, 0.25) is 0 Å². The monoisotopic (exact) mass is 245 g/mol. The van der Waals surface area contributed by atoms with Crippen molar-refractivity contribution in [1.82, 2.24) is 14.8 Å². The van der Waals surface area contributed by atoms with E-state index in [2.05, 4.69) is 15.4 Å². The molecule has 0 unspecified atom stereocenters. The molecule has 0 bridgehead atoms. The Labute approximate surface area is 102 Å². The van der Waals surface area contributed by atoms with Gasteiger partial charge in [-0.15, -0.1) is 0 Å². The summed E-state index contributed by atoms with van der Waals surface area (Å²) in [5.74, 6) is -1.16.